The van der Waals surface area contributed by atoms with Crippen LogP contribution in [0.25, 0.3) is 0 Å². The summed E-state index contributed by atoms with van der Waals surface area (Å²) in [6.07, 6.45) is 2.42. The predicted molar refractivity (Wildman–Crippen MR) is 132 cm³/mol. The Kier molecular flexibility index (Phi) is 5.99. The van der Waals surface area contributed by atoms with Crippen molar-refractivity contribution >= 4 is 17.4 Å². The van der Waals surface area contributed by atoms with Gasteiger partial charge in [-0.15, -0.1) is 0 Å². The van der Waals surface area contributed by atoms with Crippen LogP contribution < -0.4 is 15.5 Å². The molecular weight excluding hydrogens is 408 g/mol. The van der Waals surface area contributed by atoms with Crippen LogP contribution in [0.5, 0.6) is 0 Å². The Morgan fingerprint density at radius 3 is 1.97 bits per heavy atom. The number of hydrogen-bond acceptors (Lipinski definition) is 3. The van der Waals surface area contributed by atoms with Crippen LogP contribution in [0.15, 0.2) is 72.8 Å². The molecule has 2 aliphatic rings. The van der Waals surface area contributed by atoms with E-state index in [4.69, 9.17) is 5.26 Å². The maximum Gasteiger partial charge on any atom is 0.319 e. The Balaban J connectivity index is 1.58. The monoisotopic (exact) mass is 436 g/mol. The third kappa shape index (κ3) is 4.29. The van der Waals surface area contributed by atoms with Crippen LogP contribution in [0.2, 0.25) is 0 Å². The fourth-order valence-corrected chi connectivity index (χ4v) is 5.34. The van der Waals surface area contributed by atoms with Gasteiger partial charge in [-0.2, -0.15) is 5.26 Å². The summed E-state index contributed by atoms with van der Waals surface area (Å²) in [6, 6.07) is 27.5. The van der Waals surface area contributed by atoms with Gasteiger partial charge in [0.2, 0.25) is 0 Å². The van der Waals surface area contributed by atoms with Crippen molar-refractivity contribution in [3.05, 3.63) is 95.1 Å². The lowest BCUT2D eigenvalue weighted by atomic mass is 9.76. The first-order valence-corrected chi connectivity index (χ1v) is 11.7. The highest BCUT2D eigenvalue weighted by Gasteiger charge is 2.35. The van der Waals surface area contributed by atoms with E-state index in [2.05, 4.69) is 94.4 Å². The van der Waals surface area contributed by atoms with Crippen LogP contribution in [0.3, 0.4) is 0 Å². The van der Waals surface area contributed by atoms with Gasteiger partial charge in [0.25, 0.3) is 0 Å². The third-order valence-electron chi connectivity index (χ3n) is 6.80. The van der Waals surface area contributed by atoms with Crippen LogP contribution in [0.1, 0.15) is 53.4 Å². The molecule has 0 saturated carbocycles. The Morgan fingerprint density at radius 1 is 0.909 bits per heavy atom. The maximum absolute atomic E-state index is 12.5. The van der Waals surface area contributed by atoms with E-state index in [1.807, 2.05) is 0 Å². The van der Waals surface area contributed by atoms with Crippen molar-refractivity contribution in [2.75, 3.05) is 29.9 Å². The molecule has 0 aromatic heterocycles. The zero-order chi connectivity index (χ0) is 22.6. The zero-order valence-corrected chi connectivity index (χ0v) is 18.6. The molecule has 2 atom stereocenters. The lowest BCUT2D eigenvalue weighted by molar-refractivity contribution is 0.252. The van der Waals surface area contributed by atoms with Crippen molar-refractivity contribution < 1.29 is 4.79 Å². The van der Waals surface area contributed by atoms with E-state index >= 15 is 0 Å². The highest BCUT2D eigenvalue weighted by atomic mass is 16.2. The highest BCUT2D eigenvalue weighted by Crippen LogP contribution is 2.49. The van der Waals surface area contributed by atoms with E-state index in [1.165, 1.54) is 27.9 Å². The summed E-state index contributed by atoms with van der Waals surface area (Å²) in [5.41, 5.74) is 7.36. The van der Waals surface area contributed by atoms with Crippen molar-refractivity contribution in [3.8, 4) is 6.07 Å². The van der Waals surface area contributed by atoms with Crippen LogP contribution in [0, 0.1) is 11.3 Å². The van der Waals surface area contributed by atoms with Gasteiger partial charge in [-0.3, -0.25) is 0 Å². The molecule has 5 rings (SSSR count). The minimum Gasteiger partial charge on any atom is -0.371 e. The van der Waals surface area contributed by atoms with E-state index in [0.29, 0.717) is 24.8 Å². The molecule has 2 unspecified atom stereocenters. The molecule has 166 valence electrons. The molecule has 0 saturated heterocycles. The third-order valence-corrected chi connectivity index (χ3v) is 6.80. The number of nitrogens with zero attached hydrogens (tertiary/aromatic N) is 2. The number of nitriles is 1. The molecule has 0 bridgehead atoms. The largest absolute Gasteiger partial charge is 0.371 e. The normalized spacial score (nSPS) is 18.7. The lowest BCUT2D eigenvalue weighted by Crippen LogP contribution is -2.38. The average molecular weight is 437 g/mol. The van der Waals surface area contributed by atoms with Crippen molar-refractivity contribution in [3.63, 3.8) is 0 Å². The van der Waals surface area contributed by atoms with E-state index in [9.17, 15) is 4.79 Å². The van der Waals surface area contributed by atoms with Gasteiger partial charge in [-0.25, -0.2) is 4.79 Å². The fourth-order valence-electron chi connectivity index (χ4n) is 5.34. The van der Waals surface area contributed by atoms with Crippen LogP contribution in [0.4, 0.5) is 16.2 Å². The summed E-state index contributed by atoms with van der Waals surface area (Å²) in [7, 11) is 0. The Morgan fingerprint density at radius 2 is 1.45 bits per heavy atom. The number of anilines is 2. The number of hydrogen-bond donors (Lipinski definition) is 2. The number of amides is 2. The van der Waals surface area contributed by atoms with Gasteiger partial charge in [-0.05, 0) is 47.2 Å². The first-order valence-electron chi connectivity index (χ1n) is 11.7. The second-order valence-electron chi connectivity index (χ2n) is 8.78. The average Bonchev–Trinajstić information content (AvgIpc) is 2.85. The Labute approximate surface area is 195 Å². The number of carbonyl (C=O) groups excluding carboxylic acids is 1. The van der Waals surface area contributed by atoms with Crippen LogP contribution in [-0.4, -0.2) is 25.7 Å². The summed E-state index contributed by atoms with van der Waals surface area (Å²) >= 11 is 0. The zero-order valence-electron chi connectivity index (χ0n) is 18.6. The van der Waals surface area contributed by atoms with Gasteiger partial charge in [0.05, 0.1) is 12.5 Å². The molecule has 2 heterocycles. The van der Waals surface area contributed by atoms with Crippen molar-refractivity contribution in [2.45, 2.75) is 31.1 Å². The van der Waals surface area contributed by atoms with Crippen LogP contribution >= 0.6 is 0 Å². The quantitative estimate of drug-likeness (QED) is 0.512. The summed E-state index contributed by atoms with van der Waals surface area (Å²) in [4.78, 5) is 15.0. The fraction of sp³-hybridized carbons (Fsp3) is 0.286. The second kappa shape index (κ2) is 9.38. The molecular formula is C28H28N4O. The Hall–Kier alpha value is -3.78. The van der Waals surface area contributed by atoms with Crippen molar-refractivity contribution in [1.29, 1.82) is 5.26 Å². The van der Waals surface area contributed by atoms with Gasteiger partial charge >= 0.3 is 6.03 Å². The van der Waals surface area contributed by atoms with E-state index in [0.717, 1.165) is 31.6 Å². The molecule has 0 aliphatic carbocycles. The highest BCUT2D eigenvalue weighted by molar-refractivity contribution is 5.90. The number of urea groups is 1. The molecule has 3 aromatic carbocycles. The topological polar surface area (TPSA) is 68.2 Å². The standard InChI is InChI=1S/C28H28N4O/c29-14-7-15-30-28(33)31-22-18-25-23(20-8-3-1-4-9-20)12-16-32-17-13-24(26(19-22)27(25)32)21-10-5-2-6-11-21/h1-6,8-11,18-19,23-24H,7,12-13,15-17H2,(H2,30,31,33). The summed E-state index contributed by atoms with van der Waals surface area (Å²) in [5.74, 6) is 0.600. The lowest BCUT2D eigenvalue weighted by Gasteiger charge is -2.43. The van der Waals surface area contributed by atoms with Gasteiger partial charge in [-0.1, -0.05) is 60.7 Å². The molecule has 5 heteroatoms. The molecule has 0 fully saturated rings. The first kappa shape index (κ1) is 21.1. The molecule has 0 radical (unpaired) electrons. The van der Waals surface area contributed by atoms with E-state index in [1.54, 1.807) is 0 Å². The molecule has 2 aliphatic heterocycles. The molecule has 5 nitrogen and oxygen atoms in total. The number of rotatable bonds is 5. The second-order valence-corrected chi connectivity index (χ2v) is 8.78. The SMILES string of the molecule is N#CCCNC(=O)Nc1cc2c3c(c1)C(c1ccccc1)CCN3CCC2c1ccccc1. The molecule has 0 spiro atoms. The first-order chi connectivity index (χ1) is 16.2. The summed E-state index contributed by atoms with van der Waals surface area (Å²) < 4.78 is 0. The van der Waals surface area contributed by atoms with Crippen LogP contribution in [-0.2, 0) is 0 Å². The van der Waals surface area contributed by atoms with Gasteiger partial charge in [0.15, 0.2) is 0 Å². The molecule has 2 amide bonds. The van der Waals surface area contributed by atoms with Gasteiger partial charge < -0.3 is 15.5 Å². The maximum atomic E-state index is 12.5. The molecule has 3 aromatic rings. The number of benzene rings is 3. The van der Waals surface area contributed by atoms with E-state index in [-0.39, 0.29) is 6.03 Å². The summed E-state index contributed by atoms with van der Waals surface area (Å²) in [5, 5.41) is 14.6. The minimum atomic E-state index is -0.270. The van der Waals surface area contributed by atoms with Crippen molar-refractivity contribution in [1.82, 2.24) is 5.32 Å². The summed E-state index contributed by atoms with van der Waals surface area (Å²) in [6.45, 7) is 2.43. The predicted octanol–water partition coefficient (Wildman–Crippen LogP) is 5.60. The minimum absolute atomic E-state index is 0.270. The molecule has 33 heavy (non-hydrogen) atoms. The van der Waals surface area contributed by atoms with Crippen molar-refractivity contribution in [2.24, 2.45) is 0 Å². The number of carbonyl (C=O) groups is 1. The Bertz CT molecular complexity index is 1100. The number of nitrogens with one attached hydrogen (secondary N) is 2. The van der Waals surface area contributed by atoms with Gasteiger partial charge in [0.1, 0.15) is 0 Å². The van der Waals surface area contributed by atoms with Gasteiger partial charge in [0, 0.05) is 42.8 Å². The smallest absolute Gasteiger partial charge is 0.319 e. The van der Waals surface area contributed by atoms with E-state index < -0.39 is 0 Å². The molecule has 2 N–H and O–H groups in total.